The lowest BCUT2D eigenvalue weighted by Gasteiger charge is -2.05. The Morgan fingerprint density at radius 2 is 1.36 bits per heavy atom. The monoisotopic (exact) mass is 328 g/mol. The van der Waals surface area contributed by atoms with Gasteiger partial charge in [0.05, 0.1) is 12.8 Å². The summed E-state index contributed by atoms with van der Waals surface area (Å²) in [5.74, 6) is 0.859. The van der Waals surface area contributed by atoms with E-state index in [0.29, 0.717) is 6.61 Å². The first kappa shape index (κ1) is 16.7. The number of hydrogen-bond acceptors (Lipinski definition) is 3. The van der Waals surface area contributed by atoms with Crippen LogP contribution in [0.5, 0.6) is 5.75 Å². The second-order valence-corrected chi connectivity index (χ2v) is 5.43. The third kappa shape index (κ3) is 4.64. The molecule has 3 rings (SSSR count). The molecule has 0 amide bonds. The van der Waals surface area contributed by atoms with Crippen LogP contribution in [0, 0.1) is 0 Å². The molecule has 3 heteroatoms. The van der Waals surface area contributed by atoms with Crippen LogP contribution in [0.25, 0.3) is 0 Å². The average Bonchev–Trinajstić information content (AvgIpc) is 2.68. The fraction of sp³-hybridized carbons (Fsp3) is 0.0909. The summed E-state index contributed by atoms with van der Waals surface area (Å²) in [6, 6.07) is 28.0. The summed E-state index contributed by atoms with van der Waals surface area (Å²) in [5.41, 5.74) is 3.91. The van der Waals surface area contributed by atoms with Crippen LogP contribution < -0.4 is 4.74 Å². The van der Waals surface area contributed by atoms with Crippen LogP contribution in [0.2, 0.25) is 0 Å². The molecule has 0 spiro atoms. The quantitative estimate of drug-likeness (QED) is 0.465. The van der Waals surface area contributed by atoms with E-state index in [0.717, 1.165) is 28.2 Å². The van der Waals surface area contributed by atoms with Gasteiger partial charge in [-0.2, -0.15) is 5.10 Å². The van der Waals surface area contributed by atoms with Crippen LogP contribution >= 0.6 is 0 Å². The summed E-state index contributed by atoms with van der Waals surface area (Å²) in [6.07, 6.45) is 1.75. The molecule has 0 saturated heterocycles. The maximum absolute atomic E-state index is 5.45. The molecule has 0 atom stereocenters. The molecule has 0 aromatic heterocycles. The SMILES string of the molecule is CCOc1ccc(/C=N\N=C(c2ccccc2)c2ccccc2)cc1. The number of benzene rings is 3. The minimum absolute atomic E-state index is 0.662. The number of rotatable bonds is 6. The lowest BCUT2D eigenvalue weighted by atomic mass is 10.0. The maximum Gasteiger partial charge on any atom is 0.119 e. The van der Waals surface area contributed by atoms with E-state index in [2.05, 4.69) is 10.2 Å². The predicted molar refractivity (Wildman–Crippen MR) is 104 cm³/mol. The Hall–Kier alpha value is -3.20. The first-order valence-electron chi connectivity index (χ1n) is 8.31. The number of nitrogens with zero attached hydrogens (tertiary/aromatic N) is 2. The van der Waals surface area contributed by atoms with Crippen molar-refractivity contribution >= 4 is 11.9 Å². The van der Waals surface area contributed by atoms with E-state index in [9.17, 15) is 0 Å². The van der Waals surface area contributed by atoms with E-state index in [1.807, 2.05) is 91.9 Å². The second-order valence-electron chi connectivity index (χ2n) is 5.43. The molecule has 0 aliphatic rings. The van der Waals surface area contributed by atoms with Crippen LogP contribution in [-0.2, 0) is 0 Å². The molecule has 3 nitrogen and oxygen atoms in total. The Morgan fingerprint density at radius 1 is 0.800 bits per heavy atom. The van der Waals surface area contributed by atoms with E-state index in [1.54, 1.807) is 6.21 Å². The Morgan fingerprint density at radius 3 is 1.88 bits per heavy atom. The highest BCUT2D eigenvalue weighted by Gasteiger charge is 2.05. The molecule has 25 heavy (non-hydrogen) atoms. The van der Waals surface area contributed by atoms with Gasteiger partial charge in [-0.25, -0.2) is 0 Å². The zero-order chi connectivity index (χ0) is 17.3. The molecule has 3 aromatic carbocycles. The van der Waals surface area contributed by atoms with E-state index in [1.165, 1.54) is 0 Å². The number of hydrogen-bond donors (Lipinski definition) is 0. The Bertz CT molecular complexity index is 797. The van der Waals surface area contributed by atoms with Gasteiger partial charge in [0.25, 0.3) is 0 Å². The Kier molecular flexibility index (Phi) is 5.73. The molecule has 3 aromatic rings. The lowest BCUT2D eigenvalue weighted by Crippen LogP contribution is -2.02. The highest BCUT2D eigenvalue weighted by Crippen LogP contribution is 2.12. The topological polar surface area (TPSA) is 34.0 Å². The van der Waals surface area contributed by atoms with Gasteiger partial charge in [-0.3, -0.25) is 0 Å². The van der Waals surface area contributed by atoms with Gasteiger partial charge in [0.1, 0.15) is 11.5 Å². The van der Waals surface area contributed by atoms with Gasteiger partial charge in [-0.1, -0.05) is 60.7 Å². The minimum atomic E-state index is 0.662. The molecular formula is C22H20N2O. The van der Waals surface area contributed by atoms with Gasteiger partial charge in [0.15, 0.2) is 0 Å². The summed E-state index contributed by atoms with van der Waals surface area (Å²) >= 11 is 0. The highest BCUT2D eigenvalue weighted by atomic mass is 16.5. The fourth-order valence-corrected chi connectivity index (χ4v) is 2.44. The van der Waals surface area contributed by atoms with Crippen molar-refractivity contribution in [2.45, 2.75) is 6.92 Å². The van der Waals surface area contributed by atoms with Gasteiger partial charge in [0.2, 0.25) is 0 Å². The standard InChI is InChI=1S/C22H20N2O/c1-2-25-21-15-13-18(14-16-21)17-23-24-22(19-9-5-3-6-10-19)20-11-7-4-8-12-20/h3-17H,2H2,1H3/b23-17-. The van der Waals surface area contributed by atoms with Crippen LogP contribution in [-0.4, -0.2) is 18.5 Å². The van der Waals surface area contributed by atoms with Crippen molar-refractivity contribution in [1.82, 2.24) is 0 Å². The summed E-state index contributed by atoms with van der Waals surface area (Å²) in [4.78, 5) is 0. The maximum atomic E-state index is 5.45. The second kappa shape index (κ2) is 8.60. The van der Waals surface area contributed by atoms with Crippen molar-refractivity contribution in [1.29, 1.82) is 0 Å². The van der Waals surface area contributed by atoms with Crippen molar-refractivity contribution in [2.75, 3.05) is 6.61 Å². The van der Waals surface area contributed by atoms with Gasteiger partial charge in [-0.15, -0.1) is 5.10 Å². The average molecular weight is 328 g/mol. The summed E-state index contributed by atoms with van der Waals surface area (Å²) < 4.78 is 5.45. The van der Waals surface area contributed by atoms with E-state index in [4.69, 9.17) is 4.74 Å². The third-order valence-corrected chi connectivity index (χ3v) is 3.65. The summed E-state index contributed by atoms with van der Waals surface area (Å²) in [5, 5.41) is 8.77. The highest BCUT2D eigenvalue weighted by molar-refractivity contribution is 6.12. The molecule has 0 fully saturated rings. The van der Waals surface area contributed by atoms with E-state index >= 15 is 0 Å². The van der Waals surface area contributed by atoms with Crippen LogP contribution in [0.15, 0.2) is 95.1 Å². The van der Waals surface area contributed by atoms with Gasteiger partial charge >= 0.3 is 0 Å². The molecule has 0 saturated carbocycles. The molecular weight excluding hydrogens is 308 g/mol. The number of ether oxygens (including phenoxy) is 1. The molecule has 0 heterocycles. The zero-order valence-electron chi connectivity index (χ0n) is 14.2. The van der Waals surface area contributed by atoms with Crippen LogP contribution in [0.1, 0.15) is 23.6 Å². The largest absolute Gasteiger partial charge is 0.494 e. The van der Waals surface area contributed by atoms with Crippen LogP contribution in [0.4, 0.5) is 0 Å². The lowest BCUT2D eigenvalue weighted by molar-refractivity contribution is 0.340. The first-order valence-corrected chi connectivity index (χ1v) is 8.31. The predicted octanol–water partition coefficient (Wildman–Crippen LogP) is 4.96. The van der Waals surface area contributed by atoms with Gasteiger partial charge in [-0.05, 0) is 36.8 Å². The Labute approximate surface area is 148 Å². The normalized spacial score (nSPS) is 10.6. The molecule has 0 aliphatic carbocycles. The van der Waals surface area contributed by atoms with Crippen molar-refractivity contribution in [2.24, 2.45) is 10.2 Å². The van der Waals surface area contributed by atoms with Crippen LogP contribution in [0.3, 0.4) is 0 Å². The van der Waals surface area contributed by atoms with Crippen molar-refractivity contribution in [3.8, 4) is 5.75 Å². The fourth-order valence-electron chi connectivity index (χ4n) is 2.44. The summed E-state index contributed by atoms with van der Waals surface area (Å²) in [6.45, 7) is 2.63. The van der Waals surface area contributed by atoms with E-state index in [-0.39, 0.29) is 0 Å². The zero-order valence-corrected chi connectivity index (χ0v) is 14.2. The van der Waals surface area contributed by atoms with Crippen molar-refractivity contribution in [3.05, 3.63) is 102 Å². The molecule has 0 radical (unpaired) electrons. The molecule has 0 aliphatic heterocycles. The van der Waals surface area contributed by atoms with Crippen molar-refractivity contribution in [3.63, 3.8) is 0 Å². The molecule has 0 N–H and O–H groups in total. The van der Waals surface area contributed by atoms with Crippen molar-refractivity contribution < 1.29 is 4.74 Å². The minimum Gasteiger partial charge on any atom is -0.494 e. The molecule has 0 bridgehead atoms. The third-order valence-electron chi connectivity index (χ3n) is 3.65. The van der Waals surface area contributed by atoms with Gasteiger partial charge < -0.3 is 4.74 Å². The molecule has 124 valence electrons. The first-order chi connectivity index (χ1) is 12.4. The summed E-state index contributed by atoms with van der Waals surface area (Å²) in [7, 11) is 0. The Balaban J connectivity index is 1.86. The smallest absolute Gasteiger partial charge is 0.119 e. The van der Waals surface area contributed by atoms with Gasteiger partial charge in [0, 0.05) is 11.1 Å². The molecule has 0 unspecified atom stereocenters. The van der Waals surface area contributed by atoms with E-state index < -0.39 is 0 Å².